The molecule has 114 valence electrons. The van der Waals surface area contributed by atoms with Gasteiger partial charge in [0.05, 0.1) is 16.6 Å². The Hall–Kier alpha value is -3.07. The van der Waals surface area contributed by atoms with E-state index in [-0.39, 0.29) is 5.56 Å². The molecule has 0 amide bonds. The molecule has 2 atom stereocenters. The third-order valence-corrected chi connectivity index (χ3v) is 3.38. The molecule has 2 rings (SSSR count). The molecule has 9 nitrogen and oxygen atoms in total. The Labute approximate surface area is 123 Å². The molecular weight excluding hydrogens is 296 g/mol. The molecule has 9 heteroatoms. The fraction of sp³-hybridized carbons (Fsp3) is 0.154. The lowest BCUT2D eigenvalue weighted by Crippen LogP contribution is -2.49. The highest BCUT2D eigenvalue weighted by atomic mass is 16.6. The van der Waals surface area contributed by atoms with Crippen molar-refractivity contribution >= 4 is 5.97 Å². The number of carboxylic acid groups (broad SMARTS) is 1. The number of rotatable bonds is 4. The van der Waals surface area contributed by atoms with Gasteiger partial charge in [-0.2, -0.15) is 0 Å². The Kier molecular flexibility index (Phi) is 3.74. The zero-order valence-electron chi connectivity index (χ0n) is 10.9. The van der Waals surface area contributed by atoms with Crippen molar-refractivity contribution in [2.45, 2.75) is 11.6 Å². The van der Waals surface area contributed by atoms with Crippen molar-refractivity contribution in [2.24, 2.45) is 0 Å². The largest absolute Gasteiger partial charge is 0.478 e. The summed E-state index contributed by atoms with van der Waals surface area (Å²) in [5, 5.41) is 41.8. The SMILES string of the molecule is O=C(O)C1=CC([N+](=O)[O-])=CC(c2ccccc2)([N+](=O)[O-])C1O. The average Bonchev–Trinajstić information content (AvgIpc) is 2.47. The molecule has 2 N–H and O–H groups in total. The van der Waals surface area contributed by atoms with E-state index in [4.69, 9.17) is 5.11 Å². The fourth-order valence-corrected chi connectivity index (χ4v) is 2.31. The average molecular weight is 306 g/mol. The zero-order valence-corrected chi connectivity index (χ0v) is 10.9. The maximum absolute atomic E-state index is 11.6. The normalized spacial score (nSPS) is 24.1. The summed E-state index contributed by atoms with van der Waals surface area (Å²) >= 11 is 0. The number of benzene rings is 1. The van der Waals surface area contributed by atoms with Crippen molar-refractivity contribution in [1.82, 2.24) is 0 Å². The summed E-state index contributed by atoms with van der Waals surface area (Å²) in [7, 11) is 0. The molecule has 1 aliphatic carbocycles. The maximum Gasteiger partial charge on any atom is 0.334 e. The second-order valence-electron chi connectivity index (χ2n) is 4.58. The molecule has 1 aromatic carbocycles. The molecule has 1 aliphatic rings. The predicted molar refractivity (Wildman–Crippen MR) is 71.9 cm³/mol. The van der Waals surface area contributed by atoms with Crippen LogP contribution in [0.2, 0.25) is 0 Å². The maximum atomic E-state index is 11.6. The summed E-state index contributed by atoms with van der Waals surface area (Å²) in [5.41, 5.74) is -4.07. The van der Waals surface area contributed by atoms with E-state index in [1.165, 1.54) is 24.3 Å². The third-order valence-electron chi connectivity index (χ3n) is 3.38. The van der Waals surface area contributed by atoms with Gasteiger partial charge in [-0.25, -0.2) is 4.79 Å². The fourth-order valence-electron chi connectivity index (χ4n) is 2.31. The van der Waals surface area contributed by atoms with Gasteiger partial charge in [0.25, 0.3) is 5.70 Å². The minimum atomic E-state index is -2.44. The topological polar surface area (TPSA) is 144 Å². The van der Waals surface area contributed by atoms with E-state index >= 15 is 0 Å². The summed E-state index contributed by atoms with van der Waals surface area (Å²) in [6.45, 7) is 0. The van der Waals surface area contributed by atoms with Crippen molar-refractivity contribution in [2.75, 3.05) is 0 Å². The monoisotopic (exact) mass is 306 g/mol. The van der Waals surface area contributed by atoms with Crippen LogP contribution in [0.4, 0.5) is 0 Å². The Morgan fingerprint density at radius 2 is 1.77 bits per heavy atom. The van der Waals surface area contributed by atoms with Gasteiger partial charge >= 0.3 is 11.5 Å². The lowest BCUT2D eigenvalue weighted by atomic mass is 9.77. The van der Waals surface area contributed by atoms with Crippen molar-refractivity contribution in [3.8, 4) is 0 Å². The Bertz CT molecular complexity index is 710. The van der Waals surface area contributed by atoms with Gasteiger partial charge in [-0.1, -0.05) is 30.3 Å². The molecule has 2 unspecified atom stereocenters. The van der Waals surface area contributed by atoms with Gasteiger partial charge in [0, 0.05) is 16.6 Å². The van der Waals surface area contributed by atoms with E-state index in [2.05, 4.69) is 0 Å². The van der Waals surface area contributed by atoms with E-state index in [9.17, 15) is 30.1 Å². The van der Waals surface area contributed by atoms with Crippen molar-refractivity contribution in [3.63, 3.8) is 0 Å². The van der Waals surface area contributed by atoms with E-state index < -0.39 is 38.7 Å². The predicted octanol–water partition coefficient (Wildman–Crippen LogP) is 0.705. The number of nitrogens with zero attached hydrogens (tertiary/aromatic N) is 2. The Morgan fingerprint density at radius 3 is 2.23 bits per heavy atom. The van der Waals surface area contributed by atoms with Crippen LogP contribution in [0.15, 0.2) is 53.8 Å². The molecule has 0 aromatic heterocycles. The first kappa shape index (κ1) is 15.3. The lowest BCUT2D eigenvalue weighted by molar-refractivity contribution is -0.577. The molecule has 0 spiro atoms. The minimum absolute atomic E-state index is 0.0568. The van der Waals surface area contributed by atoms with Crippen LogP contribution in [-0.4, -0.2) is 32.1 Å². The van der Waals surface area contributed by atoms with Crippen LogP contribution in [0.3, 0.4) is 0 Å². The summed E-state index contributed by atoms with van der Waals surface area (Å²) in [6.07, 6.45) is -0.775. The van der Waals surface area contributed by atoms with Crippen molar-refractivity contribution in [1.29, 1.82) is 0 Å². The first-order valence-electron chi connectivity index (χ1n) is 6.01. The first-order valence-corrected chi connectivity index (χ1v) is 6.01. The quantitative estimate of drug-likeness (QED) is 0.615. The number of aliphatic carboxylic acids is 1. The van der Waals surface area contributed by atoms with Gasteiger partial charge < -0.3 is 10.2 Å². The van der Waals surface area contributed by atoms with E-state index in [0.29, 0.717) is 12.2 Å². The number of aliphatic hydroxyl groups excluding tert-OH is 1. The highest BCUT2D eigenvalue weighted by Crippen LogP contribution is 2.38. The van der Waals surface area contributed by atoms with Crippen molar-refractivity contribution < 1.29 is 24.9 Å². The first-order chi connectivity index (χ1) is 10.3. The zero-order chi connectivity index (χ0) is 16.5. The molecule has 22 heavy (non-hydrogen) atoms. The van der Waals surface area contributed by atoms with Gasteiger partial charge in [0.15, 0.2) is 6.10 Å². The molecule has 0 aliphatic heterocycles. The molecule has 0 saturated carbocycles. The minimum Gasteiger partial charge on any atom is -0.478 e. The van der Waals surface area contributed by atoms with Crippen LogP contribution in [0.1, 0.15) is 5.56 Å². The van der Waals surface area contributed by atoms with E-state index in [1.807, 2.05) is 0 Å². The van der Waals surface area contributed by atoms with Crippen LogP contribution in [-0.2, 0) is 10.3 Å². The number of carbonyl (C=O) groups is 1. The molecule has 1 aromatic rings. The number of carboxylic acids is 1. The molecule has 0 bridgehead atoms. The number of allylic oxidation sites excluding steroid dienone is 1. The highest BCUT2D eigenvalue weighted by molar-refractivity contribution is 5.89. The summed E-state index contributed by atoms with van der Waals surface area (Å²) < 4.78 is 0. The van der Waals surface area contributed by atoms with Crippen LogP contribution in [0, 0.1) is 20.2 Å². The standard InChI is InChI=1S/C13H10N2O7/c16-11-10(12(17)18)6-9(14(19)20)7-13(11,15(21)22)8-4-2-1-3-5-8/h1-7,11,16H,(H,17,18). The molecule has 0 saturated heterocycles. The van der Waals surface area contributed by atoms with Gasteiger partial charge in [0.2, 0.25) is 0 Å². The molecule has 0 fully saturated rings. The van der Waals surface area contributed by atoms with Gasteiger partial charge in [0.1, 0.15) is 0 Å². The van der Waals surface area contributed by atoms with Crippen LogP contribution in [0.5, 0.6) is 0 Å². The number of aliphatic hydroxyl groups is 1. The summed E-state index contributed by atoms with van der Waals surface area (Å²) in [6, 6.07) is 7.06. The Balaban J connectivity index is 2.78. The summed E-state index contributed by atoms with van der Waals surface area (Å²) in [4.78, 5) is 31.9. The molecule has 0 radical (unpaired) electrons. The number of hydrogen-bond donors (Lipinski definition) is 2. The second-order valence-corrected chi connectivity index (χ2v) is 4.58. The van der Waals surface area contributed by atoms with E-state index in [0.717, 1.165) is 0 Å². The van der Waals surface area contributed by atoms with Crippen molar-refractivity contribution in [3.05, 3.63) is 79.5 Å². The van der Waals surface area contributed by atoms with Gasteiger partial charge in [-0.15, -0.1) is 0 Å². The van der Waals surface area contributed by atoms with E-state index in [1.54, 1.807) is 6.07 Å². The number of hydrogen-bond acceptors (Lipinski definition) is 6. The second kappa shape index (κ2) is 5.37. The highest BCUT2D eigenvalue weighted by Gasteiger charge is 2.56. The molecular formula is C13H10N2O7. The third kappa shape index (κ3) is 2.23. The van der Waals surface area contributed by atoms with Crippen LogP contribution >= 0.6 is 0 Å². The van der Waals surface area contributed by atoms with Gasteiger partial charge in [-0.3, -0.25) is 20.2 Å². The summed E-state index contributed by atoms with van der Waals surface area (Å²) in [5.74, 6) is -1.66. The van der Waals surface area contributed by atoms with Crippen LogP contribution in [0.25, 0.3) is 0 Å². The smallest absolute Gasteiger partial charge is 0.334 e. The lowest BCUT2D eigenvalue weighted by Gasteiger charge is -2.29. The molecule has 0 heterocycles. The van der Waals surface area contributed by atoms with Gasteiger partial charge in [-0.05, 0) is 0 Å². The number of nitro groups is 2. The Morgan fingerprint density at radius 1 is 1.18 bits per heavy atom. The van der Waals surface area contributed by atoms with Crippen LogP contribution < -0.4 is 0 Å².